The summed E-state index contributed by atoms with van der Waals surface area (Å²) in [6.07, 6.45) is 90.3. The number of unbranched alkanes of at least 4 members (excludes halogenated alkanes) is 61. The molecule has 3 N–H and O–H groups in total. The minimum absolute atomic E-state index is 0.0243. The van der Waals surface area contributed by atoms with Crippen molar-refractivity contribution in [3.05, 3.63) is 12.2 Å². The molecule has 0 aromatic carbocycles. The highest BCUT2D eigenvalue weighted by molar-refractivity contribution is 5.76. The van der Waals surface area contributed by atoms with Gasteiger partial charge in [-0.05, 0) is 32.1 Å². The van der Waals surface area contributed by atoms with Crippen molar-refractivity contribution in [2.24, 2.45) is 0 Å². The molecule has 0 bridgehead atoms. The van der Waals surface area contributed by atoms with Gasteiger partial charge in [-0.2, -0.15) is 0 Å². The Labute approximate surface area is 514 Å². The molecule has 0 rings (SSSR count). The maximum atomic E-state index is 12.5. The van der Waals surface area contributed by atoms with E-state index in [2.05, 4.69) is 19.2 Å². The standard InChI is InChI=1S/C76H149NO5/c1-3-5-7-9-11-13-15-17-19-21-33-37-40-44-48-52-56-60-64-68-74(79)73(72-78)77-75(80)69-65-61-57-53-49-45-41-38-34-31-29-27-25-23-22-24-26-28-30-32-35-39-43-47-51-55-59-63-67-71-82-76(81)70-66-62-58-54-50-46-42-36-20-18-16-14-12-10-8-6-4-2/h64,68,73-74,78-79H,3-63,65-67,69-72H2,1-2H3,(H,77,80)/b68-64+. The molecular formula is C76H149NO5. The van der Waals surface area contributed by atoms with Gasteiger partial charge in [-0.1, -0.05) is 405 Å². The van der Waals surface area contributed by atoms with Crippen molar-refractivity contribution in [2.75, 3.05) is 13.2 Å². The van der Waals surface area contributed by atoms with Crippen LogP contribution in [0.5, 0.6) is 0 Å². The zero-order valence-electron chi connectivity index (χ0n) is 56.0. The average Bonchev–Trinajstić information content (AvgIpc) is 3.48. The van der Waals surface area contributed by atoms with Crippen molar-refractivity contribution in [2.45, 2.75) is 450 Å². The van der Waals surface area contributed by atoms with E-state index in [1.165, 1.54) is 372 Å². The molecular weight excluding hydrogens is 1010 g/mol. The number of aliphatic hydroxyl groups is 2. The molecule has 0 aromatic rings. The fraction of sp³-hybridized carbons (Fsp3) is 0.947. The predicted octanol–water partition coefficient (Wildman–Crippen LogP) is 24.7. The molecule has 0 radical (unpaired) electrons. The van der Waals surface area contributed by atoms with Crippen LogP contribution in [0.4, 0.5) is 0 Å². The number of nitrogens with one attached hydrogen (secondary N) is 1. The topological polar surface area (TPSA) is 95.9 Å². The number of carbonyl (C=O) groups excluding carboxylic acids is 2. The molecule has 0 aliphatic carbocycles. The number of rotatable bonds is 72. The first-order valence-corrected chi connectivity index (χ1v) is 38.0. The summed E-state index contributed by atoms with van der Waals surface area (Å²) in [6, 6.07) is -0.625. The zero-order chi connectivity index (χ0) is 59.2. The smallest absolute Gasteiger partial charge is 0.305 e. The second kappa shape index (κ2) is 72.1. The summed E-state index contributed by atoms with van der Waals surface area (Å²) in [5.41, 5.74) is 0. The Bertz CT molecular complexity index is 1240. The number of carbonyl (C=O) groups is 2. The van der Waals surface area contributed by atoms with E-state index in [1.54, 1.807) is 6.08 Å². The maximum Gasteiger partial charge on any atom is 0.305 e. The number of esters is 1. The molecule has 0 heterocycles. The van der Waals surface area contributed by atoms with Crippen LogP contribution in [0.3, 0.4) is 0 Å². The van der Waals surface area contributed by atoms with Crippen molar-refractivity contribution in [1.82, 2.24) is 5.32 Å². The maximum absolute atomic E-state index is 12.5. The summed E-state index contributed by atoms with van der Waals surface area (Å²) < 4.78 is 5.51. The Morgan fingerprint density at radius 1 is 0.329 bits per heavy atom. The number of ether oxygens (including phenoxy) is 1. The zero-order valence-corrected chi connectivity index (χ0v) is 56.0. The van der Waals surface area contributed by atoms with Gasteiger partial charge in [0.2, 0.25) is 5.91 Å². The molecule has 0 saturated carbocycles. The van der Waals surface area contributed by atoms with E-state index in [1.807, 2.05) is 6.08 Å². The molecule has 1 amide bonds. The predicted molar refractivity (Wildman–Crippen MR) is 361 cm³/mol. The van der Waals surface area contributed by atoms with Crippen LogP contribution in [-0.2, 0) is 14.3 Å². The quantitative estimate of drug-likeness (QED) is 0.0320. The molecule has 0 aliphatic heterocycles. The highest BCUT2D eigenvalue weighted by atomic mass is 16.5. The van der Waals surface area contributed by atoms with E-state index in [0.717, 1.165) is 38.5 Å². The van der Waals surface area contributed by atoms with Crippen molar-refractivity contribution in [3.63, 3.8) is 0 Å². The third kappa shape index (κ3) is 67.7. The van der Waals surface area contributed by atoms with Crippen molar-refractivity contribution < 1.29 is 24.5 Å². The average molecular weight is 1160 g/mol. The second-order valence-electron chi connectivity index (χ2n) is 26.4. The molecule has 6 heteroatoms. The lowest BCUT2D eigenvalue weighted by Crippen LogP contribution is -2.45. The first-order valence-electron chi connectivity index (χ1n) is 38.0. The molecule has 0 saturated heterocycles. The van der Waals surface area contributed by atoms with Crippen LogP contribution in [0.25, 0.3) is 0 Å². The van der Waals surface area contributed by atoms with E-state index in [9.17, 15) is 19.8 Å². The fourth-order valence-electron chi connectivity index (χ4n) is 12.3. The van der Waals surface area contributed by atoms with Crippen LogP contribution in [0, 0.1) is 0 Å². The van der Waals surface area contributed by atoms with Crippen LogP contribution in [0.15, 0.2) is 12.2 Å². The highest BCUT2D eigenvalue weighted by Crippen LogP contribution is 2.20. The van der Waals surface area contributed by atoms with Crippen LogP contribution >= 0.6 is 0 Å². The van der Waals surface area contributed by atoms with E-state index in [-0.39, 0.29) is 18.5 Å². The Morgan fingerprint density at radius 2 is 0.561 bits per heavy atom. The largest absolute Gasteiger partial charge is 0.466 e. The summed E-state index contributed by atoms with van der Waals surface area (Å²) >= 11 is 0. The molecule has 0 aliphatic rings. The number of allylic oxidation sites excluding steroid dienone is 1. The lowest BCUT2D eigenvalue weighted by molar-refractivity contribution is -0.143. The summed E-state index contributed by atoms with van der Waals surface area (Å²) in [7, 11) is 0. The van der Waals surface area contributed by atoms with Crippen LogP contribution in [-0.4, -0.2) is 47.4 Å². The third-order valence-electron chi connectivity index (χ3n) is 18.1. The lowest BCUT2D eigenvalue weighted by Gasteiger charge is -2.20. The van der Waals surface area contributed by atoms with Gasteiger partial charge < -0.3 is 20.3 Å². The van der Waals surface area contributed by atoms with Crippen LogP contribution < -0.4 is 5.32 Å². The Hall–Kier alpha value is -1.40. The van der Waals surface area contributed by atoms with Gasteiger partial charge in [0, 0.05) is 12.8 Å². The molecule has 82 heavy (non-hydrogen) atoms. The van der Waals surface area contributed by atoms with Crippen molar-refractivity contribution in [1.29, 1.82) is 0 Å². The molecule has 2 atom stereocenters. The number of hydrogen-bond acceptors (Lipinski definition) is 5. The minimum atomic E-state index is -0.842. The second-order valence-corrected chi connectivity index (χ2v) is 26.4. The summed E-state index contributed by atoms with van der Waals surface area (Å²) in [4.78, 5) is 24.6. The normalized spacial score (nSPS) is 12.5. The summed E-state index contributed by atoms with van der Waals surface area (Å²) in [6.45, 7) is 4.96. The van der Waals surface area contributed by atoms with Crippen molar-refractivity contribution in [3.8, 4) is 0 Å². The Kier molecular flexibility index (Phi) is 70.8. The molecule has 0 aromatic heterocycles. The lowest BCUT2D eigenvalue weighted by atomic mass is 10.0. The van der Waals surface area contributed by atoms with Crippen molar-refractivity contribution >= 4 is 11.9 Å². The van der Waals surface area contributed by atoms with E-state index >= 15 is 0 Å². The Morgan fingerprint density at radius 3 is 0.829 bits per heavy atom. The van der Waals surface area contributed by atoms with Gasteiger partial charge in [0.1, 0.15) is 0 Å². The highest BCUT2D eigenvalue weighted by Gasteiger charge is 2.18. The van der Waals surface area contributed by atoms with E-state index < -0.39 is 12.1 Å². The molecule has 6 nitrogen and oxygen atoms in total. The van der Waals surface area contributed by atoms with Gasteiger partial charge in [-0.15, -0.1) is 0 Å². The number of aliphatic hydroxyl groups excluding tert-OH is 2. The van der Waals surface area contributed by atoms with Gasteiger partial charge in [0.25, 0.3) is 0 Å². The van der Waals surface area contributed by atoms with Crippen LogP contribution in [0.2, 0.25) is 0 Å². The van der Waals surface area contributed by atoms with Gasteiger partial charge >= 0.3 is 5.97 Å². The number of amides is 1. The molecule has 2 unspecified atom stereocenters. The monoisotopic (exact) mass is 1160 g/mol. The number of hydrogen-bond donors (Lipinski definition) is 3. The fourth-order valence-corrected chi connectivity index (χ4v) is 12.3. The van der Waals surface area contributed by atoms with E-state index in [4.69, 9.17) is 4.74 Å². The van der Waals surface area contributed by atoms with Crippen LogP contribution in [0.1, 0.15) is 438 Å². The Balaban J connectivity index is 3.34. The first-order chi connectivity index (χ1) is 40.5. The van der Waals surface area contributed by atoms with Gasteiger partial charge in [-0.3, -0.25) is 9.59 Å². The molecule has 0 spiro atoms. The van der Waals surface area contributed by atoms with Gasteiger partial charge in [-0.25, -0.2) is 0 Å². The molecule has 0 fully saturated rings. The first kappa shape index (κ1) is 80.6. The van der Waals surface area contributed by atoms with E-state index in [0.29, 0.717) is 19.4 Å². The van der Waals surface area contributed by atoms with Gasteiger partial charge in [0.15, 0.2) is 0 Å². The minimum Gasteiger partial charge on any atom is -0.466 e. The summed E-state index contributed by atoms with van der Waals surface area (Å²) in [5, 5.41) is 23.2. The molecule has 488 valence electrons. The SMILES string of the molecule is CCCCCCCCCCCCCCCCCCC/C=C/C(O)C(CO)NC(=O)CCCCCCCCCCCCCCCCCCCCCCCCCCCCCCCOC(=O)CCCCCCCCCCCCCCCCCCC. The summed E-state index contributed by atoms with van der Waals surface area (Å²) in [5.74, 6) is -0.0355. The third-order valence-corrected chi connectivity index (χ3v) is 18.1. The van der Waals surface area contributed by atoms with Gasteiger partial charge in [0.05, 0.1) is 25.4 Å².